The number of nitrogens with one attached hydrogen (secondary N) is 1. The number of rotatable bonds is 4. The van der Waals surface area contributed by atoms with E-state index in [1.165, 1.54) is 0 Å². The first-order valence-corrected chi connectivity index (χ1v) is 4.26. The van der Waals surface area contributed by atoms with E-state index in [1.54, 1.807) is 0 Å². The van der Waals surface area contributed by atoms with Crippen LogP contribution in [0.15, 0.2) is 18.2 Å². The van der Waals surface area contributed by atoms with Crippen LogP contribution < -0.4 is 11.1 Å². The lowest BCUT2D eigenvalue weighted by Crippen LogP contribution is -2.05. The lowest BCUT2D eigenvalue weighted by molar-refractivity contribution is 0.946. The minimum absolute atomic E-state index is 0.502. The number of hydrogen-bond acceptors (Lipinski definition) is 3. The highest BCUT2D eigenvalue weighted by molar-refractivity contribution is 5.34. The fourth-order valence-electron chi connectivity index (χ4n) is 0.945. The Bertz CT molecular complexity index is 235. The highest BCUT2D eigenvalue weighted by atomic mass is 15.0. The molecule has 3 N–H and O–H groups in total. The normalized spacial score (nSPS) is 9.83. The van der Waals surface area contributed by atoms with Gasteiger partial charge in [-0.15, -0.1) is 0 Å². The molecular formula is C9H15N3. The molecule has 3 heteroatoms. The summed E-state index contributed by atoms with van der Waals surface area (Å²) in [4.78, 5) is 4.29. The Kier molecular flexibility index (Phi) is 3.54. The molecule has 1 aromatic rings. The van der Waals surface area contributed by atoms with Gasteiger partial charge in [-0.3, -0.25) is 0 Å². The Morgan fingerprint density at radius 1 is 1.50 bits per heavy atom. The van der Waals surface area contributed by atoms with Crippen molar-refractivity contribution in [3.05, 3.63) is 23.9 Å². The van der Waals surface area contributed by atoms with E-state index in [0.717, 1.165) is 24.5 Å². The van der Waals surface area contributed by atoms with Crippen molar-refractivity contribution in [3.8, 4) is 0 Å². The molecule has 1 heterocycles. The van der Waals surface area contributed by atoms with Crippen molar-refractivity contribution >= 4 is 5.82 Å². The molecule has 0 atom stereocenters. The minimum Gasteiger partial charge on any atom is -0.370 e. The third-order valence-corrected chi connectivity index (χ3v) is 1.57. The van der Waals surface area contributed by atoms with E-state index in [0.29, 0.717) is 6.54 Å². The van der Waals surface area contributed by atoms with Crippen LogP contribution in [-0.2, 0) is 6.54 Å². The van der Waals surface area contributed by atoms with Crippen molar-refractivity contribution in [3.63, 3.8) is 0 Å². The van der Waals surface area contributed by atoms with Crippen LogP contribution in [0, 0.1) is 0 Å². The fraction of sp³-hybridized carbons (Fsp3) is 0.444. The zero-order valence-corrected chi connectivity index (χ0v) is 7.38. The minimum atomic E-state index is 0.502. The summed E-state index contributed by atoms with van der Waals surface area (Å²) in [7, 11) is 0. The smallest absolute Gasteiger partial charge is 0.126 e. The van der Waals surface area contributed by atoms with Crippen molar-refractivity contribution in [2.75, 3.05) is 11.9 Å². The second-order valence-corrected chi connectivity index (χ2v) is 2.65. The maximum absolute atomic E-state index is 5.46. The molecule has 0 amide bonds. The molecule has 1 aromatic heterocycles. The van der Waals surface area contributed by atoms with Gasteiger partial charge in [0.2, 0.25) is 0 Å². The van der Waals surface area contributed by atoms with E-state index in [1.807, 2.05) is 18.2 Å². The largest absolute Gasteiger partial charge is 0.370 e. The lowest BCUT2D eigenvalue weighted by atomic mass is 10.3. The van der Waals surface area contributed by atoms with E-state index in [9.17, 15) is 0 Å². The quantitative estimate of drug-likeness (QED) is 0.708. The molecule has 0 unspecified atom stereocenters. The highest BCUT2D eigenvalue weighted by Crippen LogP contribution is 2.03. The van der Waals surface area contributed by atoms with Gasteiger partial charge < -0.3 is 11.1 Å². The van der Waals surface area contributed by atoms with E-state index < -0.39 is 0 Å². The Morgan fingerprint density at radius 3 is 3.00 bits per heavy atom. The van der Waals surface area contributed by atoms with Crippen molar-refractivity contribution < 1.29 is 0 Å². The van der Waals surface area contributed by atoms with Gasteiger partial charge in [0, 0.05) is 13.1 Å². The Morgan fingerprint density at radius 2 is 2.33 bits per heavy atom. The maximum Gasteiger partial charge on any atom is 0.126 e. The second-order valence-electron chi connectivity index (χ2n) is 2.65. The van der Waals surface area contributed by atoms with E-state index in [4.69, 9.17) is 5.73 Å². The van der Waals surface area contributed by atoms with Gasteiger partial charge in [0.25, 0.3) is 0 Å². The van der Waals surface area contributed by atoms with Gasteiger partial charge in [0.1, 0.15) is 5.82 Å². The molecule has 0 fully saturated rings. The molecule has 0 aliphatic carbocycles. The first kappa shape index (κ1) is 9.00. The molecule has 3 nitrogen and oxygen atoms in total. The summed E-state index contributed by atoms with van der Waals surface area (Å²) in [5.74, 6) is 0.916. The Balaban J connectivity index is 2.60. The summed E-state index contributed by atoms with van der Waals surface area (Å²) in [6.45, 7) is 3.59. The van der Waals surface area contributed by atoms with Crippen molar-refractivity contribution in [1.29, 1.82) is 0 Å². The van der Waals surface area contributed by atoms with Crippen LogP contribution in [-0.4, -0.2) is 11.5 Å². The van der Waals surface area contributed by atoms with Crippen LogP contribution in [0.5, 0.6) is 0 Å². The highest BCUT2D eigenvalue weighted by Gasteiger charge is 1.93. The van der Waals surface area contributed by atoms with Gasteiger partial charge in [-0.25, -0.2) is 4.98 Å². The van der Waals surface area contributed by atoms with Gasteiger partial charge in [0.05, 0.1) is 5.69 Å². The van der Waals surface area contributed by atoms with Crippen LogP contribution in [0.2, 0.25) is 0 Å². The summed E-state index contributed by atoms with van der Waals surface area (Å²) in [5, 5.41) is 3.20. The second kappa shape index (κ2) is 4.72. The Hall–Kier alpha value is -1.09. The van der Waals surface area contributed by atoms with Crippen LogP contribution in [0.3, 0.4) is 0 Å². The zero-order chi connectivity index (χ0) is 8.81. The third kappa shape index (κ3) is 2.51. The molecule has 0 spiro atoms. The molecule has 0 saturated carbocycles. The van der Waals surface area contributed by atoms with Crippen molar-refractivity contribution in [2.45, 2.75) is 19.9 Å². The number of aromatic nitrogens is 1. The lowest BCUT2D eigenvalue weighted by Gasteiger charge is -2.04. The number of anilines is 1. The monoisotopic (exact) mass is 165 g/mol. The fourth-order valence-corrected chi connectivity index (χ4v) is 0.945. The van der Waals surface area contributed by atoms with Gasteiger partial charge in [-0.05, 0) is 18.6 Å². The molecule has 0 bridgehead atoms. The van der Waals surface area contributed by atoms with E-state index >= 15 is 0 Å². The summed E-state index contributed by atoms with van der Waals surface area (Å²) < 4.78 is 0. The average Bonchev–Trinajstić information content (AvgIpc) is 2.15. The molecule has 0 saturated heterocycles. The summed E-state index contributed by atoms with van der Waals surface area (Å²) >= 11 is 0. The van der Waals surface area contributed by atoms with Gasteiger partial charge in [-0.1, -0.05) is 13.0 Å². The molecule has 1 rings (SSSR count). The standard InChI is InChI=1S/C9H15N3/c1-2-6-11-9-5-3-4-8(7-10)12-9/h3-5H,2,6-7,10H2,1H3,(H,11,12). The first-order valence-electron chi connectivity index (χ1n) is 4.26. The average molecular weight is 165 g/mol. The van der Waals surface area contributed by atoms with E-state index in [-0.39, 0.29) is 0 Å². The topological polar surface area (TPSA) is 50.9 Å². The van der Waals surface area contributed by atoms with Crippen LogP contribution in [0.25, 0.3) is 0 Å². The van der Waals surface area contributed by atoms with Crippen molar-refractivity contribution in [2.24, 2.45) is 5.73 Å². The molecule has 0 aliphatic rings. The van der Waals surface area contributed by atoms with Crippen molar-refractivity contribution in [1.82, 2.24) is 4.98 Å². The third-order valence-electron chi connectivity index (χ3n) is 1.57. The van der Waals surface area contributed by atoms with Crippen LogP contribution in [0.4, 0.5) is 5.82 Å². The van der Waals surface area contributed by atoms with Crippen LogP contribution >= 0.6 is 0 Å². The van der Waals surface area contributed by atoms with Crippen LogP contribution in [0.1, 0.15) is 19.0 Å². The number of nitrogens with zero attached hydrogens (tertiary/aromatic N) is 1. The number of hydrogen-bond donors (Lipinski definition) is 2. The number of nitrogens with two attached hydrogens (primary N) is 1. The first-order chi connectivity index (χ1) is 5.86. The van der Waals surface area contributed by atoms with Gasteiger partial charge in [0.15, 0.2) is 0 Å². The Labute approximate surface area is 73.0 Å². The molecule has 12 heavy (non-hydrogen) atoms. The summed E-state index contributed by atoms with van der Waals surface area (Å²) in [5.41, 5.74) is 6.38. The molecule has 66 valence electrons. The van der Waals surface area contributed by atoms with Gasteiger partial charge >= 0.3 is 0 Å². The summed E-state index contributed by atoms with van der Waals surface area (Å²) in [6, 6.07) is 5.85. The molecule has 0 aliphatic heterocycles. The predicted molar refractivity (Wildman–Crippen MR) is 50.9 cm³/mol. The maximum atomic E-state index is 5.46. The van der Waals surface area contributed by atoms with Gasteiger partial charge in [-0.2, -0.15) is 0 Å². The molecule has 0 radical (unpaired) electrons. The number of pyridine rings is 1. The SMILES string of the molecule is CCCNc1cccc(CN)n1. The molecule has 0 aromatic carbocycles. The summed E-state index contributed by atoms with van der Waals surface area (Å²) in [6.07, 6.45) is 1.11. The predicted octanol–water partition coefficient (Wildman–Crippen LogP) is 1.36. The van der Waals surface area contributed by atoms with E-state index in [2.05, 4.69) is 17.2 Å². The molecular weight excluding hydrogens is 150 g/mol. The zero-order valence-electron chi connectivity index (χ0n) is 7.38.